The molecule has 4 aliphatic rings. The lowest BCUT2D eigenvalue weighted by atomic mass is 9.47. The van der Waals surface area contributed by atoms with E-state index in [-0.39, 0.29) is 11.5 Å². The highest BCUT2D eigenvalue weighted by Gasteiger charge is 2.54. The fourth-order valence-corrected chi connectivity index (χ4v) is 7.98. The van der Waals surface area contributed by atoms with Gasteiger partial charge in [-0.2, -0.15) is 0 Å². The molecule has 0 amide bonds. The molecule has 1 atom stereocenters. The minimum atomic E-state index is -3.46. The molecule has 0 aliphatic heterocycles. The number of nitrogens with one attached hydrogen (secondary N) is 1. The minimum absolute atomic E-state index is 0.0903. The summed E-state index contributed by atoms with van der Waals surface area (Å²) in [6.45, 7) is 6.18. The van der Waals surface area contributed by atoms with Gasteiger partial charge in [-0.15, -0.1) is 0 Å². The van der Waals surface area contributed by atoms with Gasteiger partial charge in [-0.05, 0) is 105 Å². The summed E-state index contributed by atoms with van der Waals surface area (Å²) in [5.74, 6) is 2.52. The Hall–Kier alpha value is -0.870. The summed E-state index contributed by atoms with van der Waals surface area (Å²) in [4.78, 5) is 0.423. The van der Waals surface area contributed by atoms with Gasteiger partial charge in [0, 0.05) is 6.04 Å². The molecule has 0 radical (unpaired) electrons. The molecule has 0 heterocycles. The van der Waals surface area contributed by atoms with Crippen molar-refractivity contribution in [1.82, 2.24) is 4.72 Å². The zero-order valence-corrected chi connectivity index (χ0v) is 17.2. The van der Waals surface area contributed by atoms with Crippen LogP contribution in [0.5, 0.6) is 0 Å². The van der Waals surface area contributed by atoms with Crippen LogP contribution >= 0.6 is 0 Å². The maximum atomic E-state index is 13.2. The maximum absolute atomic E-state index is 13.2. The minimum Gasteiger partial charge on any atom is -0.208 e. The van der Waals surface area contributed by atoms with Gasteiger partial charge in [0.15, 0.2) is 0 Å². The second kappa shape index (κ2) is 6.63. The fourth-order valence-electron chi connectivity index (χ4n) is 6.52. The van der Waals surface area contributed by atoms with E-state index in [0.29, 0.717) is 4.90 Å². The van der Waals surface area contributed by atoms with E-state index in [4.69, 9.17) is 0 Å². The van der Waals surface area contributed by atoms with Crippen LogP contribution in [0.3, 0.4) is 0 Å². The van der Waals surface area contributed by atoms with Crippen molar-refractivity contribution in [3.05, 3.63) is 29.3 Å². The third kappa shape index (κ3) is 3.24. The predicted molar refractivity (Wildman–Crippen MR) is 106 cm³/mol. The molecule has 3 nitrogen and oxygen atoms in total. The molecule has 1 N–H and O–H groups in total. The molecule has 144 valence electrons. The highest BCUT2D eigenvalue weighted by Crippen LogP contribution is 2.61. The molecule has 1 aromatic rings. The van der Waals surface area contributed by atoms with Crippen LogP contribution in [0.1, 0.15) is 69.4 Å². The van der Waals surface area contributed by atoms with Gasteiger partial charge in [0.2, 0.25) is 10.0 Å². The van der Waals surface area contributed by atoms with E-state index in [1.807, 2.05) is 26.0 Å². The van der Waals surface area contributed by atoms with E-state index < -0.39 is 10.0 Å². The highest BCUT2D eigenvalue weighted by atomic mass is 32.2. The van der Waals surface area contributed by atoms with E-state index in [2.05, 4.69) is 11.6 Å². The Morgan fingerprint density at radius 2 is 1.62 bits per heavy atom. The number of hydrogen-bond acceptors (Lipinski definition) is 2. The SMILES string of the molecule is CCCC(NS(=O)(=O)c1ccc(C)c(C)c1)C12CC3CC(CC(C3)C1)C2. The lowest BCUT2D eigenvalue weighted by molar-refractivity contribution is -0.0712. The Balaban J connectivity index is 1.62. The molecule has 4 heteroatoms. The van der Waals surface area contributed by atoms with Crippen LogP contribution in [0.15, 0.2) is 23.1 Å². The first-order chi connectivity index (χ1) is 12.3. The molecular weight excluding hydrogens is 342 g/mol. The topological polar surface area (TPSA) is 46.2 Å². The molecule has 1 aromatic carbocycles. The Labute approximate surface area is 159 Å². The van der Waals surface area contributed by atoms with E-state index in [1.165, 1.54) is 38.5 Å². The van der Waals surface area contributed by atoms with Crippen LogP contribution in [0.25, 0.3) is 0 Å². The van der Waals surface area contributed by atoms with E-state index in [1.54, 1.807) is 6.07 Å². The van der Waals surface area contributed by atoms with Crippen molar-refractivity contribution in [2.24, 2.45) is 23.2 Å². The third-order valence-corrected chi connectivity index (χ3v) is 8.96. The Bertz CT molecular complexity index is 748. The second-order valence-corrected chi connectivity index (χ2v) is 11.2. The van der Waals surface area contributed by atoms with Crippen LogP contribution in [0.4, 0.5) is 0 Å². The summed E-state index contributed by atoms with van der Waals surface area (Å²) in [5.41, 5.74) is 2.38. The van der Waals surface area contributed by atoms with Crippen molar-refractivity contribution < 1.29 is 8.42 Å². The summed E-state index contributed by atoms with van der Waals surface area (Å²) in [7, 11) is -3.46. The van der Waals surface area contributed by atoms with Gasteiger partial charge in [0.05, 0.1) is 4.90 Å². The van der Waals surface area contributed by atoms with Gasteiger partial charge in [-0.3, -0.25) is 0 Å². The van der Waals surface area contributed by atoms with Crippen LogP contribution in [0.2, 0.25) is 0 Å². The Morgan fingerprint density at radius 3 is 2.12 bits per heavy atom. The smallest absolute Gasteiger partial charge is 0.208 e. The summed E-state index contributed by atoms with van der Waals surface area (Å²) in [6, 6.07) is 5.59. The van der Waals surface area contributed by atoms with Crippen molar-refractivity contribution in [1.29, 1.82) is 0 Å². The third-order valence-electron chi connectivity index (χ3n) is 7.49. The van der Waals surface area contributed by atoms with Crippen molar-refractivity contribution >= 4 is 10.0 Å². The molecule has 1 unspecified atom stereocenters. The number of rotatable bonds is 6. The van der Waals surface area contributed by atoms with E-state index in [0.717, 1.165) is 41.7 Å². The van der Waals surface area contributed by atoms with Crippen LogP contribution < -0.4 is 4.72 Å². The second-order valence-electron chi connectivity index (χ2n) is 9.49. The average Bonchev–Trinajstić information content (AvgIpc) is 2.55. The predicted octanol–water partition coefficient (Wildman–Crippen LogP) is 4.97. The van der Waals surface area contributed by atoms with Crippen LogP contribution in [-0.2, 0) is 10.0 Å². The van der Waals surface area contributed by atoms with Crippen LogP contribution in [-0.4, -0.2) is 14.5 Å². The average molecular weight is 376 g/mol. The zero-order valence-electron chi connectivity index (χ0n) is 16.4. The quantitative estimate of drug-likeness (QED) is 0.763. The standard InChI is InChI=1S/C22H33NO2S/c1-4-5-21(22-12-17-9-18(13-22)11-19(10-17)14-22)23-26(24,25)20-7-6-15(2)16(3)8-20/h6-8,17-19,21,23H,4-5,9-14H2,1-3H3. The van der Waals surface area contributed by atoms with Gasteiger partial charge in [0.1, 0.15) is 0 Å². The lowest BCUT2D eigenvalue weighted by Gasteiger charge is -2.59. The number of aryl methyl sites for hydroxylation is 2. The first-order valence-electron chi connectivity index (χ1n) is 10.4. The molecule has 4 bridgehead atoms. The molecule has 0 aromatic heterocycles. The van der Waals surface area contributed by atoms with Crippen molar-refractivity contribution in [2.75, 3.05) is 0 Å². The number of benzene rings is 1. The number of hydrogen-bond donors (Lipinski definition) is 1. The maximum Gasteiger partial charge on any atom is 0.240 e. The monoisotopic (exact) mass is 375 g/mol. The molecule has 4 saturated carbocycles. The van der Waals surface area contributed by atoms with Gasteiger partial charge in [0.25, 0.3) is 0 Å². The Kier molecular flexibility index (Phi) is 4.71. The summed E-state index contributed by atoms with van der Waals surface area (Å²) < 4.78 is 29.5. The lowest BCUT2D eigenvalue weighted by Crippen LogP contribution is -2.56. The highest BCUT2D eigenvalue weighted by molar-refractivity contribution is 7.89. The van der Waals surface area contributed by atoms with Crippen LogP contribution in [0, 0.1) is 37.0 Å². The van der Waals surface area contributed by atoms with Gasteiger partial charge in [-0.1, -0.05) is 19.4 Å². The molecule has 26 heavy (non-hydrogen) atoms. The van der Waals surface area contributed by atoms with Crippen molar-refractivity contribution in [3.8, 4) is 0 Å². The first kappa shape index (κ1) is 18.5. The molecule has 5 rings (SSSR count). The van der Waals surface area contributed by atoms with Crippen molar-refractivity contribution in [3.63, 3.8) is 0 Å². The largest absolute Gasteiger partial charge is 0.240 e. The van der Waals surface area contributed by atoms with E-state index >= 15 is 0 Å². The van der Waals surface area contributed by atoms with Gasteiger partial charge < -0.3 is 0 Å². The molecule has 4 fully saturated rings. The van der Waals surface area contributed by atoms with Gasteiger partial charge in [-0.25, -0.2) is 13.1 Å². The summed E-state index contributed by atoms with van der Waals surface area (Å²) in [5, 5.41) is 0. The van der Waals surface area contributed by atoms with Gasteiger partial charge >= 0.3 is 0 Å². The first-order valence-corrected chi connectivity index (χ1v) is 11.9. The molecule has 4 aliphatic carbocycles. The Morgan fingerprint density at radius 1 is 1.04 bits per heavy atom. The summed E-state index contributed by atoms with van der Waals surface area (Å²) >= 11 is 0. The van der Waals surface area contributed by atoms with Crippen molar-refractivity contribution in [2.45, 2.75) is 83.1 Å². The van der Waals surface area contributed by atoms with E-state index in [9.17, 15) is 8.42 Å². The fraction of sp³-hybridized carbons (Fsp3) is 0.727. The normalized spacial score (nSPS) is 34.2. The molecule has 0 saturated heterocycles. The summed E-state index contributed by atoms with van der Waals surface area (Å²) in [6.07, 6.45) is 9.86. The zero-order chi connectivity index (χ0) is 18.5. The number of sulfonamides is 1. The molecular formula is C22H33NO2S. The molecule has 0 spiro atoms.